The van der Waals surface area contributed by atoms with Crippen LogP contribution in [0.25, 0.3) is 0 Å². The lowest BCUT2D eigenvalue weighted by molar-refractivity contribution is -0.125. The van der Waals surface area contributed by atoms with Crippen LogP contribution in [0.5, 0.6) is 0 Å². The molecule has 0 spiro atoms. The van der Waals surface area contributed by atoms with E-state index in [1.807, 2.05) is 30.3 Å². The summed E-state index contributed by atoms with van der Waals surface area (Å²) in [4.78, 5) is 12.8. The van der Waals surface area contributed by atoms with Gasteiger partial charge < -0.3 is 5.32 Å². The Morgan fingerprint density at radius 3 is 2.41 bits per heavy atom. The molecule has 1 saturated heterocycles. The average Bonchev–Trinajstić information content (AvgIpc) is 2.72. The van der Waals surface area contributed by atoms with Crippen molar-refractivity contribution in [2.24, 2.45) is 0 Å². The molecule has 1 unspecified atom stereocenters. The molecular weight excluding hydrogens is 360 g/mol. The summed E-state index contributed by atoms with van der Waals surface area (Å²) < 4.78 is 27.2. The van der Waals surface area contributed by atoms with Crippen molar-refractivity contribution < 1.29 is 13.2 Å². The van der Waals surface area contributed by atoms with Crippen LogP contribution >= 0.6 is 0 Å². The number of nitrogens with zero attached hydrogens (tertiary/aromatic N) is 1. The van der Waals surface area contributed by atoms with Crippen LogP contribution in [0.2, 0.25) is 0 Å². The molecule has 2 aromatic carbocycles. The first-order valence-corrected chi connectivity index (χ1v) is 10.4. The van der Waals surface area contributed by atoms with Crippen molar-refractivity contribution >= 4 is 15.9 Å². The molecule has 27 heavy (non-hydrogen) atoms. The van der Waals surface area contributed by atoms with E-state index < -0.39 is 16.1 Å². The van der Waals surface area contributed by atoms with E-state index in [9.17, 15) is 13.2 Å². The highest BCUT2D eigenvalue weighted by Crippen LogP contribution is 2.25. The van der Waals surface area contributed by atoms with Gasteiger partial charge in [-0.3, -0.25) is 4.79 Å². The van der Waals surface area contributed by atoms with E-state index in [0.717, 1.165) is 18.4 Å². The normalized spacial score (nSPS) is 17.6. The fraction of sp³-hybridized carbons (Fsp3) is 0.286. The number of hydrogen-bond donors (Lipinski definition) is 1. The molecule has 1 heterocycles. The van der Waals surface area contributed by atoms with Crippen LogP contribution in [-0.2, 0) is 14.8 Å². The van der Waals surface area contributed by atoms with Crippen LogP contribution in [0, 0.1) is 11.8 Å². The van der Waals surface area contributed by atoms with Crippen molar-refractivity contribution in [2.45, 2.75) is 30.2 Å². The van der Waals surface area contributed by atoms with Gasteiger partial charge in [0.1, 0.15) is 6.04 Å². The first-order valence-electron chi connectivity index (χ1n) is 8.97. The van der Waals surface area contributed by atoms with Crippen molar-refractivity contribution in [2.75, 3.05) is 13.1 Å². The summed E-state index contributed by atoms with van der Waals surface area (Å²) in [5.74, 6) is 5.59. The molecule has 0 bridgehead atoms. The molecule has 5 nitrogen and oxygen atoms in total. The summed E-state index contributed by atoms with van der Waals surface area (Å²) in [5, 5.41) is 2.76. The molecule has 1 N–H and O–H groups in total. The van der Waals surface area contributed by atoms with E-state index >= 15 is 0 Å². The van der Waals surface area contributed by atoms with Gasteiger partial charge in [0.2, 0.25) is 15.9 Å². The number of benzene rings is 2. The summed E-state index contributed by atoms with van der Waals surface area (Å²) in [6, 6.07) is 17.1. The molecule has 2 aromatic rings. The summed E-state index contributed by atoms with van der Waals surface area (Å²) in [6.07, 6.45) is 2.10. The minimum atomic E-state index is -3.69. The Labute approximate surface area is 160 Å². The fourth-order valence-electron chi connectivity index (χ4n) is 3.10. The molecule has 3 rings (SSSR count). The van der Waals surface area contributed by atoms with Gasteiger partial charge in [0.15, 0.2) is 0 Å². The third kappa shape index (κ3) is 4.76. The highest BCUT2D eigenvalue weighted by atomic mass is 32.2. The second-order valence-corrected chi connectivity index (χ2v) is 8.22. The van der Waals surface area contributed by atoms with Crippen molar-refractivity contribution in [1.29, 1.82) is 0 Å². The predicted molar refractivity (Wildman–Crippen MR) is 104 cm³/mol. The summed E-state index contributed by atoms with van der Waals surface area (Å²) >= 11 is 0. The average molecular weight is 382 g/mol. The summed E-state index contributed by atoms with van der Waals surface area (Å²) in [6.45, 7) is 0.536. The topological polar surface area (TPSA) is 66.5 Å². The zero-order valence-corrected chi connectivity index (χ0v) is 15.8. The molecule has 140 valence electrons. The molecule has 1 amide bonds. The lowest BCUT2D eigenvalue weighted by Crippen LogP contribution is -2.51. The number of amides is 1. The number of nitrogens with one attached hydrogen (secondary N) is 1. The summed E-state index contributed by atoms with van der Waals surface area (Å²) in [7, 11) is -3.69. The van der Waals surface area contributed by atoms with Gasteiger partial charge in [-0.1, -0.05) is 54.7 Å². The Balaban J connectivity index is 1.68. The van der Waals surface area contributed by atoms with Gasteiger partial charge in [0, 0.05) is 12.1 Å². The van der Waals surface area contributed by atoms with Gasteiger partial charge in [-0.25, -0.2) is 8.42 Å². The molecule has 1 fully saturated rings. The molecule has 0 saturated carbocycles. The maximum atomic E-state index is 12.9. The Morgan fingerprint density at radius 1 is 1.04 bits per heavy atom. The molecule has 0 aromatic heterocycles. The Kier molecular flexibility index (Phi) is 6.28. The van der Waals surface area contributed by atoms with Gasteiger partial charge in [-0.15, -0.1) is 0 Å². The first-order chi connectivity index (χ1) is 13.1. The number of hydrogen-bond acceptors (Lipinski definition) is 3. The van der Waals surface area contributed by atoms with Gasteiger partial charge >= 0.3 is 0 Å². The fourth-order valence-corrected chi connectivity index (χ4v) is 4.78. The second-order valence-electron chi connectivity index (χ2n) is 6.33. The van der Waals surface area contributed by atoms with E-state index in [-0.39, 0.29) is 17.3 Å². The molecule has 6 heteroatoms. The van der Waals surface area contributed by atoms with Crippen LogP contribution < -0.4 is 5.32 Å². The number of carbonyl (C=O) groups is 1. The second kappa shape index (κ2) is 8.85. The summed E-state index contributed by atoms with van der Waals surface area (Å²) in [5.41, 5.74) is 0.873. The minimum absolute atomic E-state index is 0.184. The van der Waals surface area contributed by atoms with E-state index in [4.69, 9.17) is 0 Å². The monoisotopic (exact) mass is 382 g/mol. The Morgan fingerprint density at radius 2 is 1.70 bits per heavy atom. The Hall–Kier alpha value is -2.62. The zero-order chi connectivity index (χ0) is 19.1. The number of piperidine rings is 1. The van der Waals surface area contributed by atoms with E-state index in [0.29, 0.717) is 13.0 Å². The predicted octanol–water partition coefficient (Wildman–Crippen LogP) is 2.40. The third-order valence-electron chi connectivity index (χ3n) is 4.46. The van der Waals surface area contributed by atoms with Gasteiger partial charge in [-0.2, -0.15) is 4.31 Å². The third-order valence-corrected chi connectivity index (χ3v) is 6.39. The molecule has 0 aliphatic carbocycles. The van der Waals surface area contributed by atoms with Crippen LogP contribution in [-0.4, -0.2) is 37.8 Å². The lowest BCUT2D eigenvalue weighted by atomic mass is 10.0. The molecule has 1 aliphatic rings. The standard InChI is InChI=1S/C21H22N2O3S/c24-21(22-16-9-12-18-10-3-1-4-11-18)20-15-7-8-17-23(20)27(25,26)19-13-5-2-6-14-19/h1-6,10-11,13-14,20H,7-8,15-17H2,(H,22,24). The van der Waals surface area contributed by atoms with E-state index in [1.54, 1.807) is 30.3 Å². The van der Waals surface area contributed by atoms with Crippen LogP contribution in [0.3, 0.4) is 0 Å². The molecule has 1 atom stereocenters. The van der Waals surface area contributed by atoms with Gasteiger partial charge in [0.25, 0.3) is 0 Å². The smallest absolute Gasteiger partial charge is 0.243 e. The number of sulfonamides is 1. The van der Waals surface area contributed by atoms with Crippen molar-refractivity contribution in [3.63, 3.8) is 0 Å². The van der Waals surface area contributed by atoms with Crippen molar-refractivity contribution in [3.8, 4) is 11.8 Å². The number of carbonyl (C=O) groups excluding carboxylic acids is 1. The van der Waals surface area contributed by atoms with Crippen molar-refractivity contribution in [3.05, 3.63) is 66.2 Å². The van der Waals surface area contributed by atoms with Crippen LogP contribution in [0.1, 0.15) is 24.8 Å². The highest BCUT2D eigenvalue weighted by Gasteiger charge is 2.37. The van der Waals surface area contributed by atoms with Gasteiger partial charge in [-0.05, 0) is 37.1 Å². The molecule has 1 aliphatic heterocycles. The number of rotatable bonds is 4. The maximum absolute atomic E-state index is 12.9. The first kappa shape index (κ1) is 19.2. The lowest BCUT2D eigenvalue weighted by Gasteiger charge is -2.33. The quantitative estimate of drug-likeness (QED) is 0.826. The minimum Gasteiger partial charge on any atom is -0.344 e. The largest absolute Gasteiger partial charge is 0.344 e. The zero-order valence-electron chi connectivity index (χ0n) is 15.0. The maximum Gasteiger partial charge on any atom is 0.243 e. The molecular formula is C21H22N2O3S. The van der Waals surface area contributed by atoms with Crippen LogP contribution in [0.15, 0.2) is 65.6 Å². The van der Waals surface area contributed by atoms with E-state index in [2.05, 4.69) is 17.2 Å². The van der Waals surface area contributed by atoms with Crippen LogP contribution in [0.4, 0.5) is 0 Å². The highest BCUT2D eigenvalue weighted by molar-refractivity contribution is 7.89. The SMILES string of the molecule is O=C(NCC#Cc1ccccc1)C1CCCCN1S(=O)(=O)c1ccccc1. The van der Waals surface area contributed by atoms with Crippen molar-refractivity contribution in [1.82, 2.24) is 9.62 Å². The van der Waals surface area contributed by atoms with E-state index in [1.165, 1.54) is 4.31 Å². The van der Waals surface area contributed by atoms with Gasteiger partial charge in [0.05, 0.1) is 11.4 Å². The molecule has 0 radical (unpaired) electrons. The Bertz CT molecular complexity index is 932.